The molecule has 0 aromatic heterocycles. The van der Waals surface area contributed by atoms with Gasteiger partial charge in [-0.3, -0.25) is 0 Å². The molecule has 0 saturated heterocycles. The summed E-state index contributed by atoms with van der Waals surface area (Å²) in [6, 6.07) is 6.19. The molecule has 3 atom stereocenters. The Hall–Kier alpha value is -1.22. The van der Waals surface area contributed by atoms with Crippen LogP contribution in [0.3, 0.4) is 0 Å². The standard InChI is InChI=1S/C18H29NO2/c1-12-7-13(2)9-17(8-12)21-18-11-16(20-4)6-5-15(18)10-14(3)19/h5-6,11-14,17H,7-10,19H2,1-4H3. The van der Waals surface area contributed by atoms with Gasteiger partial charge in [0.15, 0.2) is 0 Å². The Kier molecular flexibility index (Phi) is 5.51. The lowest BCUT2D eigenvalue weighted by Gasteiger charge is -2.32. The van der Waals surface area contributed by atoms with E-state index in [-0.39, 0.29) is 6.04 Å². The van der Waals surface area contributed by atoms with E-state index >= 15 is 0 Å². The fourth-order valence-corrected chi connectivity index (χ4v) is 3.44. The van der Waals surface area contributed by atoms with Gasteiger partial charge in [0.2, 0.25) is 0 Å². The van der Waals surface area contributed by atoms with Crippen molar-refractivity contribution < 1.29 is 9.47 Å². The first-order valence-corrected chi connectivity index (χ1v) is 8.07. The van der Waals surface area contributed by atoms with Crippen molar-refractivity contribution in [2.45, 2.75) is 58.6 Å². The molecule has 1 aliphatic rings. The number of hydrogen-bond donors (Lipinski definition) is 1. The molecule has 21 heavy (non-hydrogen) atoms. The lowest BCUT2D eigenvalue weighted by Crippen LogP contribution is -2.29. The van der Waals surface area contributed by atoms with Crippen LogP contribution in [0, 0.1) is 11.8 Å². The molecule has 3 unspecified atom stereocenters. The molecular weight excluding hydrogens is 262 g/mol. The van der Waals surface area contributed by atoms with Crippen LogP contribution in [0.2, 0.25) is 0 Å². The third-order valence-corrected chi connectivity index (χ3v) is 4.25. The second-order valence-electron chi connectivity index (χ2n) is 6.81. The van der Waals surface area contributed by atoms with Crippen LogP contribution >= 0.6 is 0 Å². The Morgan fingerprint density at radius 3 is 2.43 bits per heavy atom. The summed E-state index contributed by atoms with van der Waals surface area (Å²) in [4.78, 5) is 0. The van der Waals surface area contributed by atoms with Crippen LogP contribution in [0.25, 0.3) is 0 Å². The van der Waals surface area contributed by atoms with E-state index in [2.05, 4.69) is 19.9 Å². The van der Waals surface area contributed by atoms with Crippen molar-refractivity contribution in [1.29, 1.82) is 0 Å². The molecule has 3 heteroatoms. The highest BCUT2D eigenvalue weighted by Gasteiger charge is 2.26. The van der Waals surface area contributed by atoms with Crippen molar-refractivity contribution in [1.82, 2.24) is 0 Å². The van der Waals surface area contributed by atoms with E-state index in [0.29, 0.717) is 6.10 Å². The molecule has 2 N–H and O–H groups in total. The average Bonchev–Trinajstić information content (AvgIpc) is 2.39. The van der Waals surface area contributed by atoms with Crippen LogP contribution in [0.4, 0.5) is 0 Å². The van der Waals surface area contributed by atoms with Gasteiger partial charge in [-0.1, -0.05) is 19.9 Å². The van der Waals surface area contributed by atoms with E-state index in [9.17, 15) is 0 Å². The minimum atomic E-state index is 0.130. The maximum Gasteiger partial charge on any atom is 0.126 e. The molecular formula is C18H29NO2. The van der Waals surface area contributed by atoms with Crippen molar-refractivity contribution in [2.75, 3.05) is 7.11 Å². The molecule has 1 aromatic rings. The lowest BCUT2D eigenvalue weighted by atomic mass is 9.82. The maximum atomic E-state index is 6.34. The van der Waals surface area contributed by atoms with Gasteiger partial charge >= 0.3 is 0 Å². The summed E-state index contributed by atoms with van der Waals surface area (Å²) in [5, 5.41) is 0. The first kappa shape index (κ1) is 16.2. The summed E-state index contributed by atoms with van der Waals surface area (Å²) in [6.07, 6.45) is 4.72. The van der Waals surface area contributed by atoms with Crippen LogP contribution in [-0.2, 0) is 6.42 Å². The van der Waals surface area contributed by atoms with Gasteiger partial charge in [0.05, 0.1) is 13.2 Å². The smallest absolute Gasteiger partial charge is 0.126 e. The first-order chi connectivity index (χ1) is 9.97. The zero-order valence-electron chi connectivity index (χ0n) is 13.8. The topological polar surface area (TPSA) is 44.5 Å². The van der Waals surface area contributed by atoms with Gasteiger partial charge in [-0.15, -0.1) is 0 Å². The maximum absolute atomic E-state index is 6.34. The van der Waals surface area contributed by atoms with Gasteiger partial charge in [0.25, 0.3) is 0 Å². The van der Waals surface area contributed by atoms with Crippen molar-refractivity contribution in [2.24, 2.45) is 17.6 Å². The number of rotatable bonds is 5. The van der Waals surface area contributed by atoms with Gasteiger partial charge in [-0.2, -0.15) is 0 Å². The highest BCUT2D eigenvalue weighted by Crippen LogP contribution is 2.34. The van der Waals surface area contributed by atoms with E-state index < -0.39 is 0 Å². The van der Waals surface area contributed by atoms with Gasteiger partial charge in [-0.25, -0.2) is 0 Å². The predicted octanol–water partition coefficient (Wildman–Crippen LogP) is 3.79. The van der Waals surface area contributed by atoms with Gasteiger partial charge < -0.3 is 15.2 Å². The number of benzene rings is 1. The van der Waals surface area contributed by atoms with E-state index in [1.807, 2.05) is 19.1 Å². The molecule has 0 spiro atoms. The summed E-state index contributed by atoms with van der Waals surface area (Å²) < 4.78 is 11.7. The molecule has 2 rings (SSSR count). The summed E-state index contributed by atoms with van der Waals surface area (Å²) in [7, 11) is 1.69. The summed E-state index contributed by atoms with van der Waals surface area (Å²) in [5.74, 6) is 3.26. The Morgan fingerprint density at radius 1 is 1.19 bits per heavy atom. The Balaban J connectivity index is 2.16. The fourth-order valence-electron chi connectivity index (χ4n) is 3.44. The molecule has 118 valence electrons. The first-order valence-electron chi connectivity index (χ1n) is 8.07. The van der Waals surface area contributed by atoms with Crippen LogP contribution in [0.15, 0.2) is 18.2 Å². The van der Waals surface area contributed by atoms with Crippen LogP contribution in [-0.4, -0.2) is 19.3 Å². The van der Waals surface area contributed by atoms with Crippen molar-refractivity contribution in [3.05, 3.63) is 23.8 Å². The zero-order chi connectivity index (χ0) is 15.4. The number of methoxy groups -OCH3 is 1. The number of hydrogen-bond acceptors (Lipinski definition) is 3. The Labute approximate surface area is 128 Å². The molecule has 1 aromatic carbocycles. The van der Waals surface area contributed by atoms with Crippen molar-refractivity contribution in [3.63, 3.8) is 0 Å². The van der Waals surface area contributed by atoms with Gasteiger partial charge in [0.1, 0.15) is 11.5 Å². The summed E-state index contributed by atoms with van der Waals surface area (Å²) in [5.41, 5.74) is 7.13. The number of ether oxygens (including phenoxy) is 2. The van der Waals surface area contributed by atoms with Gasteiger partial charge in [-0.05, 0) is 56.1 Å². The van der Waals surface area contributed by atoms with E-state index in [0.717, 1.165) is 42.6 Å². The van der Waals surface area contributed by atoms with Crippen LogP contribution in [0.5, 0.6) is 11.5 Å². The largest absolute Gasteiger partial charge is 0.497 e. The SMILES string of the molecule is COc1ccc(CC(C)N)c(OC2CC(C)CC(C)C2)c1. The Bertz CT molecular complexity index is 449. The molecule has 1 saturated carbocycles. The van der Waals surface area contributed by atoms with Crippen molar-refractivity contribution >= 4 is 0 Å². The minimum absolute atomic E-state index is 0.130. The minimum Gasteiger partial charge on any atom is -0.497 e. The second kappa shape index (κ2) is 7.17. The predicted molar refractivity (Wildman–Crippen MR) is 86.9 cm³/mol. The van der Waals surface area contributed by atoms with Crippen LogP contribution < -0.4 is 15.2 Å². The summed E-state index contributed by atoms with van der Waals surface area (Å²) >= 11 is 0. The highest BCUT2D eigenvalue weighted by molar-refractivity contribution is 5.41. The molecule has 0 aliphatic heterocycles. The zero-order valence-corrected chi connectivity index (χ0v) is 13.8. The lowest BCUT2D eigenvalue weighted by molar-refractivity contribution is 0.0997. The molecule has 0 radical (unpaired) electrons. The van der Waals surface area contributed by atoms with Crippen molar-refractivity contribution in [3.8, 4) is 11.5 Å². The van der Waals surface area contributed by atoms with Gasteiger partial charge in [0, 0.05) is 12.1 Å². The van der Waals surface area contributed by atoms with E-state index in [1.165, 1.54) is 12.0 Å². The van der Waals surface area contributed by atoms with Crippen LogP contribution in [0.1, 0.15) is 45.6 Å². The molecule has 1 fully saturated rings. The molecule has 0 heterocycles. The quantitative estimate of drug-likeness (QED) is 0.897. The van der Waals surface area contributed by atoms with E-state index in [1.54, 1.807) is 7.11 Å². The fraction of sp³-hybridized carbons (Fsp3) is 0.667. The number of nitrogens with two attached hydrogens (primary N) is 1. The summed E-state index contributed by atoms with van der Waals surface area (Å²) in [6.45, 7) is 6.67. The third kappa shape index (κ3) is 4.63. The van der Waals surface area contributed by atoms with E-state index in [4.69, 9.17) is 15.2 Å². The molecule has 0 amide bonds. The normalized spacial score (nSPS) is 27.2. The molecule has 0 bridgehead atoms. The average molecular weight is 291 g/mol. The highest BCUT2D eigenvalue weighted by atomic mass is 16.5. The Morgan fingerprint density at radius 2 is 1.86 bits per heavy atom. The monoisotopic (exact) mass is 291 g/mol. The molecule has 3 nitrogen and oxygen atoms in total. The molecule has 1 aliphatic carbocycles. The second-order valence-corrected chi connectivity index (χ2v) is 6.81. The third-order valence-electron chi connectivity index (χ3n) is 4.25.